The van der Waals surface area contributed by atoms with Gasteiger partial charge in [-0.25, -0.2) is 0 Å². The Morgan fingerprint density at radius 3 is 2.89 bits per heavy atom. The highest BCUT2D eigenvalue weighted by molar-refractivity contribution is 6.30. The van der Waals surface area contributed by atoms with Crippen molar-refractivity contribution in [1.29, 1.82) is 0 Å². The average Bonchev–Trinajstić information content (AvgIpc) is 3.06. The molecular weight excluding hydrogens is 378 g/mol. The van der Waals surface area contributed by atoms with E-state index in [2.05, 4.69) is 5.10 Å². The van der Waals surface area contributed by atoms with Crippen LogP contribution in [0.5, 0.6) is 11.5 Å². The van der Waals surface area contributed by atoms with Crippen molar-refractivity contribution in [3.8, 4) is 22.6 Å². The van der Waals surface area contributed by atoms with Gasteiger partial charge in [0.05, 0.1) is 6.54 Å². The Morgan fingerprint density at radius 1 is 1.25 bits per heavy atom. The smallest absolute Gasteiger partial charge is 0.272 e. The fourth-order valence-corrected chi connectivity index (χ4v) is 3.63. The zero-order valence-electron chi connectivity index (χ0n) is 15.4. The first-order valence-corrected chi connectivity index (χ1v) is 9.50. The lowest BCUT2D eigenvalue weighted by atomic mass is 10.0. The van der Waals surface area contributed by atoms with Crippen LogP contribution in [0.4, 0.5) is 0 Å². The number of fused-ring (bicyclic) bond motifs is 1. The van der Waals surface area contributed by atoms with E-state index in [0.29, 0.717) is 42.7 Å². The van der Waals surface area contributed by atoms with Crippen molar-refractivity contribution in [3.05, 3.63) is 64.9 Å². The third kappa shape index (κ3) is 3.43. The highest BCUT2D eigenvalue weighted by Crippen LogP contribution is 2.38. The minimum Gasteiger partial charge on any atom is -0.504 e. The summed E-state index contributed by atoms with van der Waals surface area (Å²) in [5, 5.41) is 15.3. The number of halogens is 1. The maximum absolute atomic E-state index is 13.0. The van der Waals surface area contributed by atoms with Gasteiger partial charge in [-0.15, -0.1) is 0 Å². The molecule has 0 spiro atoms. The van der Waals surface area contributed by atoms with E-state index in [1.165, 1.54) is 0 Å². The summed E-state index contributed by atoms with van der Waals surface area (Å²) in [6, 6.07) is 12.7. The van der Waals surface area contributed by atoms with Gasteiger partial charge in [0.1, 0.15) is 12.3 Å². The minimum atomic E-state index is -0.108. The van der Waals surface area contributed by atoms with Gasteiger partial charge < -0.3 is 14.7 Å². The number of hydrogen-bond donors (Lipinski definition) is 1. The Labute approximate surface area is 167 Å². The van der Waals surface area contributed by atoms with Crippen molar-refractivity contribution in [3.63, 3.8) is 0 Å². The van der Waals surface area contributed by atoms with Gasteiger partial charge in [-0.2, -0.15) is 5.10 Å². The van der Waals surface area contributed by atoms with Gasteiger partial charge in [-0.05, 0) is 48.4 Å². The second-order valence-electron chi connectivity index (χ2n) is 6.60. The first-order valence-electron chi connectivity index (χ1n) is 9.12. The number of aromatic nitrogens is 2. The predicted octanol–water partition coefficient (Wildman–Crippen LogP) is 3.96. The lowest BCUT2D eigenvalue weighted by molar-refractivity contribution is 0.0720. The summed E-state index contributed by atoms with van der Waals surface area (Å²) in [6.07, 6.45) is 1.63. The van der Waals surface area contributed by atoms with Crippen LogP contribution in [0, 0.1) is 0 Å². The number of aryl methyl sites for hydroxylation is 1. The topological polar surface area (TPSA) is 67.6 Å². The fourth-order valence-electron chi connectivity index (χ4n) is 3.44. The standard InChI is InChI=1S/C21H20ClN3O3/c1-2-25-18(6-7-23-25)21(27)24-8-9-28-20-16(13-24)10-15(12-19(20)26)14-4-3-5-17(22)11-14/h3-7,10-12,26H,2,8-9,13H2,1H3. The lowest BCUT2D eigenvalue weighted by Crippen LogP contribution is -2.34. The van der Waals surface area contributed by atoms with E-state index in [1.807, 2.05) is 31.2 Å². The van der Waals surface area contributed by atoms with Crippen molar-refractivity contribution >= 4 is 17.5 Å². The summed E-state index contributed by atoms with van der Waals surface area (Å²) in [4.78, 5) is 14.7. The van der Waals surface area contributed by atoms with Crippen LogP contribution in [0.3, 0.4) is 0 Å². The predicted molar refractivity (Wildman–Crippen MR) is 107 cm³/mol. The molecule has 4 rings (SSSR count). The molecule has 7 heteroatoms. The number of aromatic hydroxyl groups is 1. The van der Waals surface area contributed by atoms with Crippen LogP contribution in [-0.4, -0.2) is 38.8 Å². The third-order valence-corrected chi connectivity index (χ3v) is 5.03. The molecule has 1 aliphatic heterocycles. The fraction of sp³-hybridized carbons (Fsp3) is 0.238. The molecule has 3 aromatic rings. The van der Waals surface area contributed by atoms with Gasteiger partial charge in [0.15, 0.2) is 11.5 Å². The van der Waals surface area contributed by atoms with E-state index >= 15 is 0 Å². The van der Waals surface area contributed by atoms with E-state index in [-0.39, 0.29) is 11.7 Å². The second kappa shape index (κ2) is 7.56. The molecule has 0 fully saturated rings. The third-order valence-electron chi connectivity index (χ3n) is 4.80. The number of ether oxygens (including phenoxy) is 1. The number of benzene rings is 2. The first kappa shape index (κ1) is 18.4. The monoisotopic (exact) mass is 397 g/mol. The van der Waals surface area contributed by atoms with Crippen molar-refractivity contribution < 1.29 is 14.6 Å². The van der Waals surface area contributed by atoms with Gasteiger partial charge in [-0.1, -0.05) is 23.7 Å². The van der Waals surface area contributed by atoms with Crippen molar-refractivity contribution in [2.45, 2.75) is 20.0 Å². The highest BCUT2D eigenvalue weighted by atomic mass is 35.5. The summed E-state index contributed by atoms with van der Waals surface area (Å²) >= 11 is 6.11. The molecule has 0 unspecified atom stereocenters. The zero-order chi connectivity index (χ0) is 19.7. The van der Waals surface area contributed by atoms with Crippen LogP contribution < -0.4 is 4.74 Å². The van der Waals surface area contributed by atoms with E-state index < -0.39 is 0 Å². The SMILES string of the molecule is CCn1nccc1C(=O)N1CCOc2c(O)cc(-c3cccc(Cl)c3)cc2C1. The molecule has 0 aliphatic carbocycles. The van der Waals surface area contributed by atoms with Gasteiger partial charge >= 0.3 is 0 Å². The molecule has 2 aromatic carbocycles. The Bertz CT molecular complexity index is 1030. The van der Waals surface area contributed by atoms with Gasteiger partial charge in [0.2, 0.25) is 0 Å². The van der Waals surface area contributed by atoms with Gasteiger partial charge in [-0.3, -0.25) is 9.48 Å². The number of nitrogens with zero attached hydrogens (tertiary/aromatic N) is 3. The van der Waals surface area contributed by atoms with Crippen LogP contribution in [0.15, 0.2) is 48.7 Å². The summed E-state index contributed by atoms with van der Waals surface area (Å²) in [5.41, 5.74) is 3.00. The van der Waals surface area contributed by atoms with E-state index in [1.54, 1.807) is 34.0 Å². The number of phenolic OH excluding ortho intramolecular Hbond substituents is 1. The lowest BCUT2D eigenvalue weighted by Gasteiger charge is -2.20. The number of carbonyl (C=O) groups is 1. The van der Waals surface area contributed by atoms with Crippen LogP contribution in [0.2, 0.25) is 5.02 Å². The largest absolute Gasteiger partial charge is 0.504 e. The minimum absolute atomic E-state index is 0.0559. The van der Waals surface area contributed by atoms with Crippen molar-refractivity contribution in [2.75, 3.05) is 13.2 Å². The first-order chi connectivity index (χ1) is 13.6. The molecule has 144 valence electrons. The summed E-state index contributed by atoms with van der Waals surface area (Å²) in [6.45, 7) is 3.64. The maximum Gasteiger partial charge on any atom is 0.272 e. The molecular formula is C21H20ClN3O3. The second-order valence-corrected chi connectivity index (χ2v) is 7.04. The molecule has 0 bridgehead atoms. The highest BCUT2D eigenvalue weighted by Gasteiger charge is 2.25. The molecule has 2 heterocycles. The number of rotatable bonds is 3. The van der Waals surface area contributed by atoms with Crippen LogP contribution in [0.1, 0.15) is 23.0 Å². The maximum atomic E-state index is 13.0. The Kier molecular flexibility index (Phi) is 4.96. The van der Waals surface area contributed by atoms with E-state index in [0.717, 1.165) is 16.7 Å². The normalized spacial score (nSPS) is 13.6. The molecule has 1 aromatic heterocycles. The van der Waals surface area contributed by atoms with Crippen LogP contribution in [0.25, 0.3) is 11.1 Å². The Hall–Kier alpha value is -2.99. The van der Waals surface area contributed by atoms with E-state index in [4.69, 9.17) is 16.3 Å². The van der Waals surface area contributed by atoms with E-state index in [9.17, 15) is 9.90 Å². The molecule has 0 saturated heterocycles. The van der Waals surface area contributed by atoms with Crippen LogP contribution >= 0.6 is 11.6 Å². The average molecular weight is 398 g/mol. The summed E-state index contributed by atoms with van der Waals surface area (Å²) in [7, 11) is 0. The number of phenols is 1. The summed E-state index contributed by atoms with van der Waals surface area (Å²) in [5.74, 6) is 0.369. The molecule has 0 atom stereocenters. The van der Waals surface area contributed by atoms with Gasteiger partial charge in [0, 0.05) is 29.9 Å². The van der Waals surface area contributed by atoms with Crippen molar-refractivity contribution in [1.82, 2.24) is 14.7 Å². The molecule has 28 heavy (non-hydrogen) atoms. The number of hydrogen-bond acceptors (Lipinski definition) is 4. The number of amides is 1. The molecule has 1 N–H and O–H groups in total. The Morgan fingerprint density at radius 2 is 2.11 bits per heavy atom. The van der Waals surface area contributed by atoms with Crippen LogP contribution in [-0.2, 0) is 13.1 Å². The molecule has 1 amide bonds. The molecule has 0 radical (unpaired) electrons. The van der Waals surface area contributed by atoms with Crippen molar-refractivity contribution in [2.24, 2.45) is 0 Å². The Balaban J connectivity index is 1.69. The van der Waals surface area contributed by atoms with Gasteiger partial charge in [0.25, 0.3) is 5.91 Å². The molecule has 1 aliphatic rings. The number of carbonyl (C=O) groups excluding carboxylic acids is 1. The quantitative estimate of drug-likeness (QED) is 0.726. The zero-order valence-corrected chi connectivity index (χ0v) is 16.2. The summed E-state index contributed by atoms with van der Waals surface area (Å²) < 4.78 is 7.43. The molecule has 6 nitrogen and oxygen atoms in total. The molecule has 0 saturated carbocycles.